The highest BCUT2D eigenvalue weighted by Gasteiger charge is 2.41. The molecule has 0 saturated carbocycles. The van der Waals surface area contributed by atoms with E-state index in [1.54, 1.807) is 6.92 Å². The van der Waals surface area contributed by atoms with Gasteiger partial charge in [0, 0.05) is 24.3 Å². The zero-order valence-electron chi connectivity index (χ0n) is 22.6. The average Bonchev–Trinajstić information content (AvgIpc) is 2.90. The van der Waals surface area contributed by atoms with Crippen LogP contribution in [0.3, 0.4) is 0 Å². The van der Waals surface area contributed by atoms with Gasteiger partial charge in [-0.1, -0.05) is 19.4 Å². The second kappa shape index (κ2) is 12.8. The van der Waals surface area contributed by atoms with Gasteiger partial charge in [-0.3, -0.25) is 0 Å². The summed E-state index contributed by atoms with van der Waals surface area (Å²) in [5.74, 6) is -16.7. The van der Waals surface area contributed by atoms with Gasteiger partial charge in [-0.25, -0.2) is 35.1 Å². The standard InChI is InChI=1S/C30H18F12O3/c1-2-3-14-6-21(34)27(22(35)7-14)30(41,42)45-17-9-19(32)26(20(33)10-17)15-4-5-25(18(31)8-15)43-13-29(39,40)44-16-11-23(36)28(38)24(37)12-16/h4-12H,2-3,13H2,1H3. The average molecular weight is 654 g/mol. The minimum Gasteiger partial charge on any atom is -0.480 e. The Hall–Kier alpha value is -4.56. The summed E-state index contributed by atoms with van der Waals surface area (Å²) in [7, 11) is 0. The first-order valence-electron chi connectivity index (χ1n) is 12.7. The van der Waals surface area contributed by atoms with E-state index in [0.29, 0.717) is 30.7 Å². The third-order valence-corrected chi connectivity index (χ3v) is 6.03. The van der Waals surface area contributed by atoms with E-state index >= 15 is 0 Å². The molecule has 4 rings (SSSR count). The van der Waals surface area contributed by atoms with Crippen molar-refractivity contribution in [2.75, 3.05) is 6.61 Å². The van der Waals surface area contributed by atoms with Gasteiger partial charge in [-0.15, -0.1) is 0 Å². The maximum Gasteiger partial charge on any atom is 0.433 e. The van der Waals surface area contributed by atoms with Crippen molar-refractivity contribution >= 4 is 0 Å². The molecule has 15 heteroatoms. The summed E-state index contributed by atoms with van der Waals surface area (Å²) < 4.78 is 183. The summed E-state index contributed by atoms with van der Waals surface area (Å²) in [6, 6.07) is 4.01. The lowest BCUT2D eigenvalue weighted by molar-refractivity contribution is -0.196. The molecule has 0 bridgehead atoms. The Kier molecular flexibility index (Phi) is 9.49. The van der Waals surface area contributed by atoms with Crippen molar-refractivity contribution < 1.29 is 66.9 Å². The number of hydrogen-bond acceptors (Lipinski definition) is 3. The summed E-state index contributed by atoms with van der Waals surface area (Å²) in [5, 5.41) is 0. The van der Waals surface area contributed by atoms with Crippen molar-refractivity contribution in [1.82, 2.24) is 0 Å². The number of aryl methyl sites for hydroxylation is 1. The Balaban J connectivity index is 1.50. The second-order valence-corrected chi connectivity index (χ2v) is 9.44. The van der Waals surface area contributed by atoms with Crippen LogP contribution in [0, 0.1) is 46.5 Å². The molecule has 0 aliphatic rings. The zero-order chi connectivity index (χ0) is 33.3. The van der Waals surface area contributed by atoms with Crippen LogP contribution in [0.25, 0.3) is 11.1 Å². The van der Waals surface area contributed by atoms with E-state index < -0.39 is 99.3 Å². The molecule has 4 aromatic carbocycles. The molecule has 0 atom stereocenters. The maximum absolute atomic E-state index is 14.8. The minimum absolute atomic E-state index is 0.0950. The molecule has 0 aromatic heterocycles. The van der Waals surface area contributed by atoms with Crippen molar-refractivity contribution in [1.29, 1.82) is 0 Å². The van der Waals surface area contributed by atoms with Gasteiger partial charge < -0.3 is 14.2 Å². The summed E-state index contributed by atoms with van der Waals surface area (Å²) >= 11 is 0. The van der Waals surface area contributed by atoms with E-state index in [0.717, 1.165) is 6.07 Å². The van der Waals surface area contributed by atoms with E-state index in [-0.39, 0.29) is 36.2 Å². The highest BCUT2D eigenvalue weighted by molar-refractivity contribution is 5.67. The molecule has 0 aliphatic carbocycles. The molecule has 0 amide bonds. The number of benzene rings is 4. The molecule has 45 heavy (non-hydrogen) atoms. The summed E-state index contributed by atoms with van der Waals surface area (Å²) in [5.41, 5.74) is -3.24. The number of rotatable bonds is 11. The van der Waals surface area contributed by atoms with E-state index in [1.807, 2.05) is 0 Å². The molecule has 0 heterocycles. The smallest absolute Gasteiger partial charge is 0.433 e. The quantitative estimate of drug-likeness (QED) is 0.119. The summed E-state index contributed by atoms with van der Waals surface area (Å²) in [4.78, 5) is 0. The van der Waals surface area contributed by atoms with Crippen LogP contribution >= 0.6 is 0 Å². The van der Waals surface area contributed by atoms with Crippen LogP contribution in [-0.2, 0) is 12.5 Å². The maximum atomic E-state index is 14.8. The molecule has 3 nitrogen and oxygen atoms in total. The predicted molar refractivity (Wildman–Crippen MR) is 134 cm³/mol. The van der Waals surface area contributed by atoms with Gasteiger partial charge in [0.2, 0.25) is 0 Å². The van der Waals surface area contributed by atoms with Gasteiger partial charge in [-0.05, 0) is 41.8 Å². The van der Waals surface area contributed by atoms with Gasteiger partial charge in [0.05, 0.1) is 5.56 Å². The summed E-state index contributed by atoms with van der Waals surface area (Å²) in [6.45, 7) is -0.0492. The highest BCUT2D eigenvalue weighted by Crippen LogP contribution is 2.38. The van der Waals surface area contributed by atoms with Crippen LogP contribution in [0.4, 0.5) is 52.7 Å². The van der Waals surface area contributed by atoms with Gasteiger partial charge in [0.25, 0.3) is 0 Å². The van der Waals surface area contributed by atoms with Gasteiger partial charge in [0.15, 0.2) is 35.6 Å². The lowest BCUT2D eigenvalue weighted by Crippen LogP contribution is -2.32. The Morgan fingerprint density at radius 1 is 0.600 bits per heavy atom. The van der Waals surface area contributed by atoms with Gasteiger partial charge in [-0.2, -0.15) is 17.6 Å². The Morgan fingerprint density at radius 3 is 1.67 bits per heavy atom. The first kappa shape index (κ1) is 33.3. The second-order valence-electron chi connectivity index (χ2n) is 9.44. The summed E-state index contributed by atoms with van der Waals surface area (Å²) in [6.07, 6.45) is -8.39. The van der Waals surface area contributed by atoms with Crippen molar-refractivity contribution in [3.8, 4) is 28.4 Å². The first-order chi connectivity index (χ1) is 21.0. The molecule has 0 N–H and O–H groups in total. The molecule has 0 saturated heterocycles. The van der Waals surface area contributed by atoms with Crippen LogP contribution in [0.2, 0.25) is 0 Å². The lowest BCUT2D eigenvalue weighted by Gasteiger charge is -2.20. The zero-order valence-corrected chi connectivity index (χ0v) is 22.6. The third kappa shape index (κ3) is 7.57. The molecule has 4 aromatic rings. The van der Waals surface area contributed by atoms with Crippen molar-refractivity contribution in [2.24, 2.45) is 0 Å². The first-order valence-corrected chi connectivity index (χ1v) is 12.7. The van der Waals surface area contributed by atoms with E-state index in [4.69, 9.17) is 0 Å². The van der Waals surface area contributed by atoms with E-state index in [2.05, 4.69) is 14.2 Å². The van der Waals surface area contributed by atoms with Crippen LogP contribution in [0.5, 0.6) is 17.2 Å². The predicted octanol–water partition coefficient (Wildman–Crippen LogP) is 9.60. The molecule has 0 fully saturated rings. The highest BCUT2D eigenvalue weighted by atomic mass is 19.3. The van der Waals surface area contributed by atoms with Crippen LogP contribution in [0.15, 0.2) is 54.6 Å². The van der Waals surface area contributed by atoms with E-state index in [9.17, 15) is 52.7 Å². The Bertz CT molecular complexity index is 1660. The van der Waals surface area contributed by atoms with Gasteiger partial charge in [0.1, 0.15) is 40.3 Å². The number of ether oxygens (including phenoxy) is 3. The number of hydrogen-bond donors (Lipinski definition) is 0. The lowest BCUT2D eigenvalue weighted by atomic mass is 10.0. The Morgan fingerprint density at radius 2 is 1.13 bits per heavy atom. The monoisotopic (exact) mass is 654 g/mol. The topological polar surface area (TPSA) is 27.7 Å². The molecular formula is C30H18F12O3. The van der Waals surface area contributed by atoms with Crippen molar-refractivity contribution in [3.63, 3.8) is 0 Å². The third-order valence-electron chi connectivity index (χ3n) is 6.03. The minimum atomic E-state index is -4.71. The SMILES string of the molecule is CCCc1cc(F)c(C(F)(F)Oc2cc(F)c(-c3ccc(OCC(F)(F)Oc4cc(F)c(F)c(F)c4)c(F)c3)c(F)c2)c(F)c1. The molecule has 240 valence electrons. The van der Waals surface area contributed by atoms with Crippen LogP contribution in [0.1, 0.15) is 24.5 Å². The van der Waals surface area contributed by atoms with Crippen molar-refractivity contribution in [2.45, 2.75) is 32.0 Å². The molecular weight excluding hydrogens is 636 g/mol. The molecule has 0 aliphatic heterocycles. The number of alkyl halides is 4. The molecule has 0 spiro atoms. The fraction of sp³-hybridized carbons (Fsp3) is 0.200. The van der Waals surface area contributed by atoms with Gasteiger partial charge >= 0.3 is 12.2 Å². The van der Waals surface area contributed by atoms with Crippen LogP contribution < -0.4 is 14.2 Å². The van der Waals surface area contributed by atoms with Crippen LogP contribution in [-0.4, -0.2) is 12.7 Å². The molecule has 0 unspecified atom stereocenters. The fourth-order valence-corrected chi connectivity index (χ4v) is 4.15. The van der Waals surface area contributed by atoms with E-state index in [1.165, 1.54) is 0 Å². The number of halogens is 12. The normalized spacial score (nSPS) is 11.9. The fourth-order valence-electron chi connectivity index (χ4n) is 4.15. The Labute approximate surface area is 246 Å². The largest absolute Gasteiger partial charge is 0.480 e. The molecule has 0 radical (unpaired) electrons. The van der Waals surface area contributed by atoms with Crippen molar-refractivity contribution in [3.05, 3.63) is 112 Å².